The van der Waals surface area contributed by atoms with Crippen LogP contribution in [0.3, 0.4) is 0 Å². The van der Waals surface area contributed by atoms with Crippen molar-refractivity contribution >= 4 is 5.91 Å². The minimum atomic E-state index is -0.574. The van der Waals surface area contributed by atoms with E-state index in [-0.39, 0.29) is 5.69 Å². The number of nitrogens with two attached hydrogens (primary N) is 1. The van der Waals surface area contributed by atoms with E-state index in [1.807, 2.05) is 0 Å². The molecule has 0 fully saturated rings. The predicted molar refractivity (Wildman–Crippen MR) is 52.8 cm³/mol. The Balaban J connectivity index is 2.45. The summed E-state index contributed by atoms with van der Waals surface area (Å²) in [6, 6.07) is 3.23. The smallest absolute Gasteiger partial charge is 0.267 e. The number of aromatic nitrogens is 4. The number of carbonyl (C=O) groups is 1. The van der Waals surface area contributed by atoms with Gasteiger partial charge in [0.2, 0.25) is 0 Å². The molecule has 2 N–H and O–H groups in total. The molecular formula is C9H9N5O. The van der Waals surface area contributed by atoms with Gasteiger partial charge in [0.05, 0.1) is 0 Å². The fraction of sp³-hybridized carbons (Fsp3) is 0.111. The molecule has 6 heteroatoms. The molecule has 2 rings (SSSR count). The fourth-order valence-corrected chi connectivity index (χ4v) is 1.15. The standard InChI is InChI=1S/C9H9N5O/c1-14-5-3-7(13-14)9-11-4-2-6(12-9)8(10)15/h2-5H,1H3,(H2,10,15). The summed E-state index contributed by atoms with van der Waals surface area (Å²) in [5.41, 5.74) is 5.91. The molecule has 1 amide bonds. The molecule has 15 heavy (non-hydrogen) atoms. The van der Waals surface area contributed by atoms with Gasteiger partial charge >= 0.3 is 0 Å². The van der Waals surface area contributed by atoms with Crippen LogP contribution in [0.1, 0.15) is 10.5 Å². The van der Waals surface area contributed by atoms with Crippen molar-refractivity contribution in [2.45, 2.75) is 0 Å². The Labute approximate surface area is 85.8 Å². The Bertz CT molecular complexity index is 505. The van der Waals surface area contributed by atoms with Crippen LogP contribution < -0.4 is 5.73 Å². The van der Waals surface area contributed by atoms with E-state index >= 15 is 0 Å². The summed E-state index contributed by atoms with van der Waals surface area (Å²) < 4.78 is 1.63. The van der Waals surface area contributed by atoms with E-state index in [0.717, 1.165) is 0 Å². The average Bonchev–Trinajstić information content (AvgIpc) is 2.65. The number of primary amides is 1. The number of carbonyl (C=O) groups excluding carboxylic acids is 1. The minimum absolute atomic E-state index is 0.186. The van der Waals surface area contributed by atoms with Crippen LogP contribution in [0, 0.1) is 0 Å². The van der Waals surface area contributed by atoms with Gasteiger partial charge in [-0.2, -0.15) is 5.10 Å². The first-order chi connectivity index (χ1) is 7.16. The van der Waals surface area contributed by atoms with Crippen molar-refractivity contribution in [2.24, 2.45) is 12.8 Å². The highest BCUT2D eigenvalue weighted by Crippen LogP contribution is 2.10. The normalized spacial score (nSPS) is 10.2. The summed E-state index contributed by atoms with van der Waals surface area (Å²) in [4.78, 5) is 18.9. The van der Waals surface area contributed by atoms with Crippen LogP contribution in [-0.2, 0) is 7.05 Å². The Morgan fingerprint density at radius 2 is 2.27 bits per heavy atom. The summed E-state index contributed by atoms with van der Waals surface area (Å²) in [5.74, 6) is -0.179. The number of hydrogen-bond acceptors (Lipinski definition) is 4. The molecule has 0 atom stereocenters. The van der Waals surface area contributed by atoms with Gasteiger partial charge in [-0.3, -0.25) is 9.48 Å². The maximum absolute atomic E-state index is 10.9. The lowest BCUT2D eigenvalue weighted by atomic mass is 10.3. The molecule has 0 saturated carbocycles. The zero-order valence-electron chi connectivity index (χ0n) is 8.08. The van der Waals surface area contributed by atoms with Crippen LogP contribution in [0.5, 0.6) is 0 Å². The van der Waals surface area contributed by atoms with Crippen molar-refractivity contribution in [3.63, 3.8) is 0 Å². The highest BCUT2D eigenvalue weighted by molar-refractivity contribution is 5.90. The van der Waals surface area contributed by atoms with Crippen LogP contribution in [0.15, 0.2) is 24.5 Å². The van der Waals surface area contributed by atoms with E-state index in [0.29, 0.717) is 11.5 Å². The Hall–Kier alpha value is -2.24. The van der Waals surface area contributed by atoms with Gasteiger partial charge in [-0.1, -0.05) is 0 Å². The lowest BCUT2D eigenvalue weighted by Crippen LogP contribution is -2.13. The van der Waals surface area contributed by atoms with E-state index in [1.165, 1.54) is 12.3 Å². The van der Waals surface area contributed by atoms with Gasteiger partial charge in [0.1, 0.15) is 11.4 Å². The van der Waals surface area contributed by atoms with E-state index < -0.39 is 5.91 Å². The maximum Gasteiger partial charge on any atom is 0.267 e. The highest BCUT2D eigenvalue weighted by atomic mass is 16.1. The molecule has 0 spiro atoms. The van der Waals surface area contributed by atoms with Gasteiger partial charge in [-0.25, -0.2) is 9.97 Å². The van der Waals surface area contributed by atoms with Gasteiger partial charge in [0.15, 0.2) is 5.82 Å². The van der Waals surface area contributed by atoms with Crippen molar-refractivity contribution in [1.29, 1.82) is 0 Å². The topological polar surface area (TPSA) is 86.7 Å². The Morgan fingerprint density at radius 1 is 1.47 bits per heavy atom. The van der Waals surface area contributed by atoms with Crippen LogP contribution in [0.4, 0.5) is 0 Å². The maximum atomic E-state index is 10.9. The first-order valence-corrected chi connectivity index (χ1v) is 4.29. The quantitative estimate of drug-likeness (QED) is 0.742. The molecule has 0 unspecified atom stereocenters. The molecule has 0 radical (unpaired) electrons. The predicted octanol–water partition coefficient (Wildman–Crippen LogP) is -0.0240. The molecule has 0 bridgehead atoms. The van der Waals surface area contributed by atoms with E-state index in [2.05, 4.69) is 15.1 Å². The van der Waals surface area contributed by atoms with Gasteiger partial charge in [0.25, 0.3) is 5.91 Å². The molecule has 0 aromatic carbocycles. The number of aryl methyl sites for hydroxylation is 1. The first kappa shape index (κ1) is 9.32. The average molecular weight is 203 g/mol. The lowest BCUT2D eigenvalue weighted by Gasteiger charge is -1.97. The molecule has 0 aliphatic heterocycles. The van der Waals surface area contributed by atoms with Crippen molar-refractivity contribution in [1.82, 2.24) is 19.7 Å². The molecular weight excluding hydrogens is 194 g/mol. The summed E-state index contributed by atoms with van der Waals surface area (Å²) in [6.45, 7) is 0. The molecule has 0 aliphatic rings. The molecule has 76 valence electrons. The van der Waals surface area contributed by atoms with E-state index in [9.17, 15) is 4.79 Å². The lowest BCUT2D eigenvalue weighted by molar-refractivity contribution is 0.0995. The third-order valence-corrected chi connectivity index (χ3v) is 1.85. The fourth-order valence-electron chi connectivity index (χ4n) is 1.15. The second-order valence-corrected chi connectivity index (χ2v) is 3.00. The van der Waals surface area contributed by atoms with Crippen molar-refractivity contribution < 1.29 is 4.79 Å². The van der Waals surface area contributed by atoms with Gasteiger partial charge in [0, 0.05) is 19.4 Å². The van der Waals surface area contributed by atoms with Crippen LogP contribution in [0.2, 0.25) is 0 Å². The summed E-state index contributed by atoms with van der Waals surface area (Å²) in [7, 11) is 1.79. The zero-order valence-corrected chi connectivity index (χ0v) is 8.08. The molecule has 2 heterocycles. The summed E-state index contributed by atoms with van der Waals surface area (Å²) in [5, 5.41) is 4.12. The highest BCUT2D eigenvalue weighted by Gasteiger charge is 2.07. The number of amides is 1. The third kappa shape index (κ3) is 1.83. The zero-order chi connectivity index (χ0) is 10.8. The molecule has 2 aromatic rings. The van der Waals surface area contributed by atoms with Crippen LogP contribution in [-0.4, -0.2) is 25.7 Å². The van der Waals surface area contributed by atoms with Crippen molar-refractivity contribution in [3.8, 4) is 11.5 Å². The van der Waals surface area contributed by atoms with Crippen LogP contribution >= 0.6 is 0 Å². The van der Waals surface area contributed by atoms with Crippen molar-refractivity contribution in [3.05, 3.63) is 30.2 Å². The van der Waals surface area contributed by atoms with Crippen molar-refractivity contribution in [2.75, 3.05) is 0 Å². The third-order valence-electron chi connectivity index (χ3n) is 1.85. The molecule has 0 aliphatic carbocycles. The molecule has 0 saturated heterocycles. The summed E-state index contributed by atoms with van der Waals surface area (Å²) in [6.07, 6.45) is 3.26. The monoisotopic (exact) mass is 203 g/mol. The molecule has 6 nitrogen and oxygen atoms in total. The molecule has 2 aromatic heterocycles. The summed E-state index contributed by atoms with van der Waals surface area (Å²) >= 11 is 0. The Kier molecular flexibility index (Phi) is 2.17. The minimum Gasteiger partial charge on any atom is -0.364 e. The Morgan fingerprint density at radius 3 is 2.87 bits per heavy atom. The van der Waals surface area contributed by atoms with Gasteiger partial charge in [-0.15, -0.1) is 0 Å². The van der Waals surface area contributed by atoms with Gasteiger partial charge in [-0.05, 0) is 12.1 Å². The van der Waals surface area contributed by atoms with E-state index in [4.69, 9.17) is 5.73 Å². The van der Waals surface area contributed by atoms with Crippen LogP contribution in [0.25, 0.3) is 11.5 Å². The number of nitrogens with zero attached hydrogens (tertiary/aromatic N) is 4. The first-order valence-electron chi connectivity index (χ1n) is 4.29. The number of hydrogen-bond donors (Lipinski definition) is 1. The number of rotatable bonds is 2. The second kappa shape index (κ2) is 3.49. The largest absolute Gasteiger partial charge is 0.364 e. The second-order valence-electron chi connectivity index (χ2n) is 3.00. The van der Waals surface area contributed by atoms with E-state index in [1.54, 1.807) is 24.0 Å². The van der Waals surface area contributed by atoms with Gasteiger partial charge < -0.3 is 5.73 Å². The SMILES string of the molecule is Cn1ccc(-c2nccc(C(N)=O)n2)n1.